The van der Waals surface area contributed by atoms with Gasteiger partial charge in [0.2, 0.25) is 5.28 Å². The molecule has 1 aromatic heterocycles. The Labute approximate surface area is 82.0 Å². The van der Waals surface area contributed by atoms with Crippen LogP contribution in [0, 0.1) is 0 Å². The lowest BCUT2D eigenvalue weighted by Gasteiger charge is -2.13. The second-order valence-corrected chi connectivity index (χ2v) is 2.98. The van der Waals surface area contributed by atoms with Gasteiger partial charge >= 0.3 is 0 Å². The number of halogens is 1. The van der Waals surface area contributed by atoms with Crippen LogP contribution in [0.3, 0.4) is 0 Å². The van der Waals surface area contributed by atoms with Crippen molar-refractivity contribution in [3.63, 3.8) is 0 Å². The van der Waals surface area contributed by atoms with Crippen molar-refractivity contribution in [2.45, 2.75) is 19.4 Å². The summed E-state index contributed by atoms with van der Waals surface area (Å²) in [4.78, 5) is 7.69. The smallest absolute Gasteiger partial charge is 0.224 e. The van der Waals surface area contributed by atoms with Crippen molar-refractivity contribution in [3.05, 3.63) is 17.5 Å². The Morgan fingerprint density at radius 1 is 1.69 bits per heavy atom. The molecular weight excluding hydrogens is 190 g/mol. The number of hydrogen-bond donors (Lipinski definition) is 2. The van der Waals surface area contributed by atoms with Crippen LogP contribution in [0.25, 0.3) is 0 Å². The fourth-order valence-corrected chi connectivity index (χ4v) is 1.05. The molecule has 1 aromatic rings. The van der Waals surface area contributed by atoms with Crippen LogP contribution in [-0.2, 0) is 0 Å². The van der Waals surface area contributed by atoms with Gasteiger partial charge in [0, 0.05) is 6.20 Å². The Morgan fingerprint density at radius 2 is 2.46 bits per heavy atom. The maximum Gasteiger partial charge on any atom is 0.224 e. The first-order valence-electron chi connectivity index (χ1n) is 4.12. The molecule has 0 aliphatic carbocycles. The molecular formula is C8H12ClN3O. The van der Waals surface area contributed by atoms with Crippen LogP contribution in [0.1, 0.15) is 13.3 Å². The van der Waals surface area contributed by atoms with Crippen LogP contribution in [0.4, 0.5) is 5.82 Å². The van der Waals surface area contributed by atoms with Gasteiger partial charge in [-0.3, -0.25) is 0 Å². The molecule has 4 nitrogen and oxygen atoms in total. The molecule has 0 bridgehead atoms. The van der Waals surface area contributed by atoms with Gasteiger partial charge in [0.25, 0.3) is 0 Å². The maximum absolute atomic E-state index is 8.92. The van der Waals surface area contributed by atoms with E-state index in [9.17, 15) is 0 Å². The molecule has 1 atom stereocenters. The van der Waals surface area contributed by atoms with Crippen molar-refractivity contribution in [1.82, 2.24) is 9.97 Å². The Kier molecular flexibility index (Phi) is 3.92. The summed E-state index contributed by atoms with van der Waals surface area (Å²) in [6.07, 6.45) is 2.40. The number of aliphatic hydroxyl groups excluding tert-OH is 1. The highest BCUT2D eigenvalue weighted by atomic mass is 35.5. The normalized spacial score (nSPS) is 12.5. The quantitative estimate of drug-likeness (QED) is 0.722. The third-order valence-corrected chi connectivity index (χ3v) is 1.87. The monoisotopic (exact) mass is 201 g/mol. The minimum absolute atomic E-state index is 0.0194. The van der Waals surface area contributed by atoms with Crippen molar-refractivity contribution < 1.29 is 5.11 Å². The van der Waals surface area contributed by atoms with E-state index < -0.39 is 0 Å². The molecule has 1 rings (SSSR count). The van der Waals surface area contributed by atoms with Gasteiger partial charge in [-0.15, -0.1) is 0 Å². The molecule has 2 N–H and O–H groups in total. The second kappa shape index (κ2) is 4.99. The van der Waals surface area contributed by atoms with Crippen molar-refractivity contribution in [3.8, 4) is 0 Å². The Bertz CT molecular complexity index is 265. The lowest BCUT2D eigenvalue weighted by atomic mass is 10.2. The molecule has 0 aliphatic rings. The minimum atomic E-state index is 0.0194. The fraction of sp³-hybridized carbons (Fsp3) is 0.500. The largest absolute Gasteiger partial charge is 0.394 e. The number of rotatable bonds is 4. The van der Waals surface area contributed by atoms with Crippen LogP contribution in [0.15, 0.2) is 12.3 Å². The summed E-state index contributed by atoms with van der Waals surface area (Å²) in [7, 11) is 0. The molecule has 0 aromatic carbocycles. The summed E-state index contributed by atoms with van der Waals surface area (Å²) in [5, 5.41) is 12.2. The SMILES string of the molecule is CC[C@@H](CO)Nc1ccnc(Cl)n1. The first-order valence-corrected chi connectivity index (χ1v) is 4.50. The molecule has 1 heterocycles. The summed E-state index contributed by atoms with van der Waals surface area (Å²) in [6, 6.07) is 1.73. The van der Waals surface area contributed by atoms with Crippen molar-refractivity contribution in [1.29, 1.82) is 0 Å². The fourth-order valence-electron chi connectivity index (χ4n) is 0.901. The average molecular weight is 202 g/mol. The highest BCUT2D eigenvalue weighted by molar-refractivity contribution is 6.28. The van der Waals surface area contributed by atoms with Crippen LogP contribution in [0.5, 0.6) is 0 Å². The van der Waals surface area contributed by atoms with E-state index in [1.807, 2.05) is 6.92 Å². The number of hydrogen-bond acceptors (Lipinski definition) is 4. The van der Waals surface area contributed by atoms with Gasteiger partial charge < -0.3 is 10.4 Å². The Morgan fingerprint density at radius 3 is 3.00 bits per heavy atom. The maximum atomic E-state index is 8.92. The Hall–Kier alpha value is -0.870. The highest BCUT2D eigenvalue weighted by Gasteiger charge is 2.04. The molecule has 13 heavy (non-hydrogen) atoms. The summed E-state index contributed by atoms with van der Waals surface area (Å²) < 4.78 is 0. The van der Waals surface area contributed by atoms with Crippen LogP contribution in [-0.4, -0.2) is 27.7 Å². The van der Waals surface area contributed by atoms with Crippen LogP contribution in [0.2, 0.25) is 5.28 Å². The van der Waals surface area contributed by atoms with Crippen molar-refractivity contribution in [2.24, 2.45) is 0 Å². The second-order valence-electron chi connectivity index (χ2n) is 2.64. The molecule has 0 spiro atoms. The molecule has 5 heteroatoms. The van der Waals surface area contributed by atoms with E-state index in [1.54, 1.807) is 12.3 Å². The van der Waals surface area contributed by atoms with Gasteiger partial charge in [-0.25, -0.2) is 9.97 Å². The first-order chi connectivity index (χ1) is 6.26. The Balaban J connectivity index is 2.62. The van der Waals surface area contributed by atoms with Crippen LogP contribution < -0.4 is 5.32 Å². The van der Waals surface area contributed by atoms with Gasteiger partial charge in [-0.1, -0.05) is 6.92 Å². The topological polar surface area (TPSA) is 58.0 Å². The van der Waals surface area contributed by atoms with E-state index >= 15 is 0 Å². The number of nitrogens with zero attached hydrogens (tertiary/aromatic N) is 2. The van der Waals surface area contributed by atoms with Crippen molar-refractivity contribution in [2.75, 3.05) is 11.9 Å². The zero-order valence-electron chi connectivity index (χ0n) is 7.37. The summed E-state index contributed by atoms with van der Waals surface area (Å²) in [6.45, 7) is 2.06. The molecule has 0 radical (unpaired) electrons. The highest BCUT2D eigenvalue weighted by Crippen LogP contribution is 2.08. The minimum Gasteiger partial charge on any atom is -0.394 e. The van der Waals surface area contributed by atoms with E-state index in [0.29, 0.717) is 5.82 Å². The van der Waals surface area contributed by atoms with Gasteiger partial charge in [0.15, 0.2) is 0 Å². The molecule has 0 fully saturated rings. The summed E-state index contributed by atoms with van der Waals surface area (Å²) in [5.74, 6) is 0.640. The van der Waals surface area contributed by atoms with E-state index in [-0.39, 0.29) is 17.9 Å². The summed E-state index contributed by atoms with van der Waals surface area (Å²) >= 11 is 5.59. The predicted molar refractivity (Wildman–Crippen MR) is 51.8 cm³/mol. The molecule has 0 unspecified atom stereocenters. The number of anilines is 1. The first kappa shape index (κ1) is 10.2. The standard InChI is InChI=1S/C8H12ClN3O/c1-2-6(5-13)11-7-3-4-10-8(9)12-7/h3-4,6,13H,2,5H2,1H3,(H,10,11,12)/t6-/m0/s1. The van der Waals surface area contributed by atoms with E-state index in [4.69, 9.17) is 16.7 Å². The zero-order chi connectivity index (χ0) is 9.68. The van der Waals surface area contributed by atoms with Gasteiger partial charge in [-0.2, -0.15) is 0 Å². The number of aromatic nitrogens is 2. The van der Waals surface area contributed by atoms with E-state index in [0.717, 1.165) is 6.42 Å². The van der Waals surface area contributed by atoms with Crippen molar-refractivity contribution >= 4 is 17.4 Å². The third kappa shape index (κ3) is 3.16. The third-order valence-electron chi connectivity index (χ3n) is 1.69. The summed E-state index contributed by atoms with van der Waals surface area (Å²) in [5.41, 5.74) is 0. The lowest BCUT2D eigenvalue weighted by Crippen LogP contribution is -2.23. The number of nitrogens with one attached hydrogen (secondary N) is 1. The zero-order valence-corrected chi connectivity index (χ0v) is 8.12. The van der Waals surface area contributed by atoms with E-state index in [1.165, 1.54) is 0 Å². The molecule has 72 valence electrons. The average Bonchev–Trinajstić information content (AvgIpc) is 2.14. The molecule has 0 saturated heterocycles. The molecule has 0 saturated carbocycles. The van der Waals surface area contributed by atoms with Gasteiger partial charge in [0.05, 0.1) is 12.6 Å². The number of aliphatic hydroxyl groups is 1. The molecule has 0 amide bonds. The lowest BCUT2D eigenvalue weighted by molar-refractivity contribution is 0.271. The van der Waals surface area contributed by atoms with Gasteiger partial charge in [0.1, 0.15) is 5.82 Å². The van der Waals surface area contributed by atoms with Gasteiger partial charge in [-0.05, 0) is 24.1 Å². The predicted octanol–water partition coefficient (Wildman–Crippen LogP) is 1.31. The van der Waals surface area contributed by atoms with Crippen LogP contribution >= 0.6 is 11.6 Å². The van der Waals surface area contributed by atoms with E-state index in [2.05, 4.69) is 15.3 Å². The molecule has 0 aliphatic heterocycles.